The van der Waals surface area contributed by atoms with Crippen molar-refractivity contribution >= 4 is 17.3 Å². The van der Waals surface area contributed by atoms with Crippen LogP contribution in [0.3, 0.4) is 0 Å². The Labute approximate surface area is 240 Å². The third-order valence-corrected chi connectivity index (χ3v) is 6.38. The van der Waals surface area contributed by atoms with Crippen molar-refractivity contribution < 1.29 is 32.9 Å². The highest BCUT2D eigenvalue weighted by Gasteiger charge is 2.33. The van der Waals surface area contributed by atoms with E-state index in [1.165, 1.54) is 12.1 Å². The maximum atomic E-state index is 12.9. The molecule has 41 heavy (non-hydrogen) atoms. The fourth-order valence-electron chi connectivity index (χ4n) is 3.91. The van der Waals surface area contributed by atoms with Gasteiger partial charge in [0, 0.05) is 12.0 Å². The molecular formula is C32H37FN2O6. The van der Waals surface area contributed by atoms with Crippen molar-refractivity contribution in [3.63, 3.8) is 0 Å². The molecule has 0 aromatic heterocycles. The molecule has 0 radical (unpaired) electrons. The summed E-state index contributed by atoms with van der Waals surface area (Å²) in [5, 5.41) is 8.49. The number of hydrogen-bond acceptors (Lipinski definition) is 8. The first-order valence-electron chi connectivity index (χ1n) is 13.9. The summed E-state index contributed by atoms with van der Waals surface area (Å²) in [6.07, 6.45) is 3.25. The van der Waals surface area contributed by atoms with E-state index < -0.39 is 0 Å². The van der Waals surface area contributed by atoms with Crippen molar-refractivity contribution in [2.24, 2.45) is 15.6 Å². The molecule has 1 aliphatic rings. The molecule has 1 fully saturated rings. The lowest BCUT2D eigenvalue weighted by atomic mass is 9.90. The number of ether oxygens (including phenoxy) is 5. The standard InChI is InChI=1S/C32H37FN2O6/c1-32(23-38-24-32)22-37-18-2-3-21-41-31(36)25-6-10-27(11-7-25)34-35-28-12-16-30(17-13-28)40-20-5-4-19-39-29-14-8-26(33)9-15-29/h6-17H,2-5,18-24H2,1H3. The van der Waals surface area contributed by atoms with Crippen LogP contribution in [-0.2, 0) is 14.2 Å². The highest BCUT2D eigenvalue weighted by atomic mass is 19.1. The zero-order valence-corrected chi connectivity index (χ0v) is 23.4. The molecule has 0 saturated carbocycles. The maximum Gasteiger partial charge on any atom is 0.338 e. The van der Waals surface area contributed by atoms with E-state index in [1.54, 1.807) is 36.4 Å². The highest BCUT2D eigenvalue weighted by molar-refractivity contribution is 5.89. The summed E-state index contributed by atoms with van der Waals surface area (Å²) in [6, 6.07) is 20.2. The molecule has 1 heterocycles. The van der Waals surface area contributed by atoms with Gasteiger partial charge in [0.05, 0.1) is 56.6 Å². The molecule has 0 bridgehead atoms. The first-order chi connectivity index (χ1) is 20.0. The smallest absolute Gasteiger partial charge is 0.338 e. The molecule has 1 aliphatic heterocycles. The summed E-state index contributed by atoms with van der Waals surface area (Å²) in [7, 11) is 0. The number of esters is 1. The molecule has 218 valence electrons. The number of carbonyl (C=O) groups excluding carboxylic acids is 1. The number of nitrogens with zero attached hydrogens (tertiary/aromatic N) is 2. The van der Waals surface area contributed by atoms with Gasteiger partial charge in [-0.3, -0.25) is 0 Å². The van der Waals surface area contributed by atoms with Gasteiger partial charge in [-0.1, -0.05) is 6.92 Å². The molecule has 0 N–H and O–H groups in total. The quantitative estimate of drug-likeness (QED) is 0.0960. The van der Waals surface area contributed by atoms with Crippen molar-refractivity contribution in [1.29, 1.82) is 0 Å². The minimum Gasteiger partial charge on any atom is -0.494 e. The average Bonchev–Trinajstić information content (AvgIpc) is 2.98. The van der Waals surface area contributed by atoms with E-state index in [-0.39, 0.29) is 17.2 Å². The monoisotopic (exact) mass is 564 g/mol. The van der Waals surface area contributed by atoms with E-state index in [0.29, 0.717) is 55.7 Å². The van der Waals surface area contributed by atoms with Gasteiger partial charge in [0.25, 0.3) is 0 Å². The number of halogens is 1. The first-order valence-corrected chi connectivity index (χ1v) is 13.9. The highest BCUT2D eigenvalue weighted by Crippen LogP contribution is 2.26. The van der Waals surface area contributed by atoms with Gasteiger partial charge >= 0.3 is 5.97 Å². The number of azo groups is 1. The van der Waals surface area contributed by atoms with Crippen LogP contribution < -0.4 is 9.47 Å². The van der Waals surface area contributed by atoms with Gasteiger partial charge in [0.15, 0.2) is 0 Å². The van der Waals surface area contributed by atoms with Crippen LogP contribution in [0.1, 0.15) is 43.0 Å². The minimum absolute atomic E-state index is 0.157. The number of benzene rings is 3. The summed E-state index contributed by atoms with van der Waals surface area (Å²) >= 11 is 0. The van der Waals surface area contributed by atoms with Crippen LogP contribution in [0.2, 0.25) is 0 Å². The van der Waals surface area contributed by atoms with E-state index >= 15 is 0 Å². The molecule has 0 spiro atoms. The summed E-state index contributed by atoms with van der Waals surface area (Å²) in [5.41, 5.74) is 1.95. The second-order valence-electron chi connectivity index (χ2n) is 10.3. The molecule has 1 saturated heterocycles. The van der Waals surface area contributed by atoms with Crippen LogP contribution in [0.15, 0.2) is 83.0 Å². The van der Waals surface area contributed by atoms with Crippen molar-refractivity contribution in [1.82, 2.24) is 0 Å². The molecule has 0 amide bonds. The van der Waals surface area contributed by atoms with E-state index in [0.717, 1.165) is 44.6 Å². The molecule has 9 heteroatoms. The number of carbonyl (C=O) groups is 1. The van der Waals surface area contributed by atoms with Crippen molar-refractivity contribution in [2.75, 3.05) is 46.2 Å². The zero-order chi connectivity index (χ0) is 28.8. The molecule has 0 aliphatic carbocycles. The number of rotatable bonds is 17. The predicted molar refractivity (Wildman–Crippen MR) is 153 cm³/mol. The number of hydrogen-bond donors (Lipinski definition) is 0. The molecule has 3 aromatic rings. The Morgan fingerprint density at radius 3 is 1.83 bits per heavy atom. The summed E-state index contributed by atoms with van der Waals surface area (Å²) < 4.78 is 40.5. The minimum atomic E-state index is -0.357. The van der Waals surface area contributed by atoms with Crippen LogP contribution in [0.4, 0.5) is 15.8 Å². The summed E-state index contributed by atoms with van der Waals surface area (Å²) in [5.74, 6) is 0.769. The second-order valence-corrected chi connectivity index (χ2v) is 10.3. The topological polar surface area (TPSA) is 87.9 Å². The average molecular weight is 565 g/mol. The van der Waals surface area contributed by atoms with E-state index in [9.17, 15) is 9.18 Å². The Bertz CT molecular complexity index is 1230. The third-order valence-electron chi connectivity index (χ3n) is 6.38. The first kappa shape index (κ1) is 30.1. The Kier molecular flexibility index (Phi) is 11.6. The Hall–Kier alpha value is -3.82. The van der Waals surface area contributed by atoms with Gasteiger partial charge < -0.3 is 23.7 Å². The molecular weight excluding hydrogens is 527 g/mol. The van der Waals surface area contributed by atoms with Crippen molar-refractivity contribution in [2.45, 2.75) is 32.6 Å². The lowest BCUT2D eigenvalue weighted by molar-refractivity contribution is -0.138. The third kappa shape index (κ3) is 10.6. The van der Waals surface area contributed by atoms with Crippen LogP contribution in [-0.4, -0.2) is 52.2 Å². The SMILES string of the molecule is CC1(COCCCCOC(=O)c2ccc(N=Nc3ccc(OCCCCOc4ccc(F)cc4)cc3)cc2)COC1. The normalized spacial score (nSPS) is 14.0. The van der Waals surface area contributed by atoms with E-state index in [2.05, 4.69) is 17.2 Å². The largest absolute Gasteiger partial charge is 0.494 e. The lowest BCUT2D eigenvalue weighted by Gasteiger charge is -2.37. The fraction of sp³-hybridized carbons (Fsp3) is 0.406. The van der Waals surface area contributed by atoms with Crippen LogP contribution in [0.5, 0.6) is 11.5 Å². The zero-order valence-electron chi connectivity index (χ0n) is 23.4. The number of unbranched alkanes of at least 4 members (excludes halogenated alkanes) is 2. The molecule has 4 rings (SSSR count). The molecule has 3 aromatic carbocycles. The van der Waals surface area contributed by atoms with Gasteiger partial charge in [0.1, 0.15) is 17.3 Å². The van der Waals surface area contributed by atoms with E-state index in [1.807, 2.05) is 24.3 Å². The fourth-order valence-corrected chi connectivity index (χ4v) is 3.91. The Balaban J connectivity index is 1.07. The van der Waals surface area contributed by atoms with Gasteiger partial charge in [-0.25, -0.2) is 9.18 Å². The van der Waals surface area contributed by atoms with Gasteiger partial charge in [-0.15, -0.1) is 0 Å². The summed E-state index contributed by atoms with van der Waals surface area (Å²) in [6.45, 7) is 6.49. The Morgan fingerprint density at radius 1 is 0.756 bits per heavy atom. The summed E-state index contributed by atoms with van der Waals surface area (Å²) in [4.78, 5) is 12.3. The lowest BCUT2D eigenvalue weighted by Crippen LogP contribution is -2.43. The van der Waals surface area contributed by atoms with Gasteiger partial charge in [-0.2, -0.15) is 10.2 Å². The van der Waals surface area contributed by atoms with Crippen LogP contribution >= 0.6 is 0 Å². The van der Waals surface area contributed by atoms with Gasteiger partial charge in [0.2, 0.25) is 0 Å². The van der Waals surface area contributed by atoms with Gasteiger partial charge in [-0.05, 0) is 98.5 Å². The van der Waals surface area contributed by atoms with Crippen molar-refractivity contribution in [3.8, 4) is 11.5 Å². The van der Waals surface area contributed by atoms with Crippen LogP contribution in [0.25, 0.3) is 0 Å². The second kappa shape index (κ2) is 15.8. The molecule has 0 unspecified atom stereocenters. The van der Waals surface area contributed by atoms with E-state index in [4.69, 9.17) is 23.7 Å². The molecule has 8 nitrogen and oxygen atoms in total. The maximum absolute atomic E-state index is 12.9. The molecule has 0 atom stereocenters. The Morgan fingerprint density at radius 2 is 1.27 bits per heavy atom. The predicted octanol–water partition coefficient (Wildman–Crippen LogP) is 7.47. The van der Waals surface area contributed by atoms with Crippen molar-refractivity contribution in [3.05, 3.63) is 84.2 Å². The van der Waals surface area contributed by atoms with Crippen LogP contribution in [0, 0.1) is 11.2 Å².